The van der Waals surface area contributed by atoms with Gasteiger partial charge in [0.15, 0.2) is 0 Å². The van der Waals surface area contributed by atoms with Crippen LogP contribution < -0.4 is 0 Å². The maximum Gasteiger partial charge on any atom is 0.0277 e. The number of aliphatic imine (C=N–C) groups is 1. The van der Waals surface area contributed by atoms with Crippen LogP contribution in [0, 0.1) is 6.92 Å². The third-order valence-electron chi connectivity index (χ3n) is 5.49. The zero-order valence-electron chi connectivity index (χ0n) is 20.9. The Morgan fingerprint density at radius 1 is 1.00 bits per heavy atom. The van der Waals surface area contributed by atoms with Gasteiger partial charge in [0, 0.05) is 13.3 Å². The number of hydrogen-bond acceptors (Lipinski definition) is 1. The van der Waals surface area contributed by atoms with Crippen LogP contribution in [0.25, 0.3) is 0 Å². The summed E-state index contributed by atoms with van der Waals surface area (Å²) in [5.41, 5.74) is 10.2. The van der Waals surface area contributed by atoms with Gasteiger partial charge in [0.25, 0.3) is 0 Å². The van der Waals surface area contributed by atoms with Gasteiger partial charge in [-0.3, -0.25) is 4.99 Å². The second-order valence-electron chi connectivity index (χ2n) is 8.22. The molecule has 1 rings (SSSR count). The molecule has 0 aliphatic heterocycles. The predicted molar refractivity (Wildman–Crippen MR) is 146 cm³/mol. The summed E-state index contributed by atoms with van der Waals surface area (Å²) in [5.74, 6) is 0. The van der Waals surface area contributed by atoms with Crippen molar-refractivity contribution < 1.29 is 0 Å². The lowest BCUT2D eigenvalue weighted by atomic mass is 9.85. The Bertz CT molecular complexity index is 960. The van der Waals surface area contributed by atoms with Crippen LogP contribution in [-0.4, -0.2) is 13.3 Å². The minimum atomic E-state index is 0.803. The van der Waals surface area contributed by atoms with E-state index in [0.717, 1.165) is 65.5 Å². The van der Waals surface area contributed by atoms with Crippen LogP contribution in [0.3, 0.4) is 0 Å². The molecule has 0 N–H and O–H groups in total. The van der Waals surface area contributed by atoms with E-state index in [1.54, 1.807) is 13.3 Å². The van der Waals surface area contributed by atoms with Gasteiger partial charge in [-0.15, -0.1) is 0 Å². The molecule has 1 aromatic rings. The van der Waals surface area contributed by atoms with E-state index in [1.165, 1.54) is 16.7 Å². The number of aryl methyl sites for hydroxylation is 2. The zero-order valence-corrected chi connectivity index (χ0v) is 20.9. The lowest BCUT2D eigenvalue weighted by Crippen LogP contribution is -2.03. The van der Waals surface area contributed by atoms with Crippen molar-refractivity contribution in [2.45, 2.75) is 59.8 Å². The van der Waals surface area contributed by atoms with E-state index >= 15 is 0 Å². The minimum Gasteiger partial charge on any atom is -0.297 e. The third kappa shape index (κ3) is 8.30. The molecule has 0 saturated heterocycles. The highest BCUT2D eigenvalue weighted by Gasteiger charge is 2.14. The van der Waals surface area contributed by atoms with Crippen molar-refractivity contribution in [3.63, 3.8) is 0 Å². The average Bonchev–Trinajstić information content (AvgIpc) is 2.75. The summed E-state index contributed by atoms with van der Waals surface area (Å²) in [6, 6.07) is 6.77. The molecule has 0 bridgehead atoms. The fourth-order valence-corrected chi connectivity index (χ4v) is 3.74. The number of nitrogens with zero attached hydrogens (tertiary/aromatic N) is 1. The molecule has 32 heavy (non-hydrogen) atoms. The summed E-state index contributed by atoms with van der Waals surface area (Å²) >= 11 is 0. The first-order chi connectivity index (χ1) is 15.3. The van der Waals surface area contributed by atoms with Gasteiger partial charge in [0.1, 0.15) is 0 Å². The van der Waals surface area contributed by atoms with Crippen molar-refractivity contribution in [2.24, 2.45) is 4.99 Å². The van der Waals surface area contributed by atoms with Crippen LogP contribution in [0.4, 0.5) is 0 Å². The summed E-state index contributed by atoms with van der Waals surface area (Å²) in [6.07, 6.45) is 14.9. The lowest BCUT2D eigenvalue weighted by Gasteiger charge is -2.19. The topological polar surface area (TPSA) is 12.4 Å². The molecule has 170 valence electrons. The smallest absolute Gasteiger partial charge is 0.0277 e. The largest absolute Gasteiger partial charge is 0.297 e. The van der Waals surface area contributed by atoms with Gasteiger partial charge in [-0.1, -0.05) is 95.0 Å². The first-order valence-electron chi connectivity index (χ1n) is 11.6. The third-order valence-corrected chi connectivity index (χ3v) is 5.49. The summed E-state index contributed by atoms with van der Waals surface area (Å²) in [7, 11) is 1.75. The molecule has 0 amide bonds. The first kappa shape index (κ1) is 27.1. The standard InChI is InChI=1S/C31H41N/c1-10-14-25(6)31(12-3)27(8)30(21-26(7)24(5)16-13-19-32-9)22-29-18-17-23(4)20-28(29)15-11-2/h12-13,16-21H,5-8,10-11,14-15,22H2,1-4,9H3/b16-13-,30-21+,31-12+,32-19?. The normalized spacial score (nSPS) is 12.5. The summed E-state index contributed by atoms with van der Waals surface area (Å²) in [5, 5.41) is 0. The van der Waals surface area contributed by atoms with Crippen molar-refractivity contribution in [1.29, 1.82) is 0 Å². The monoisotopic (exact) mass is 427 g/mol. The summed E-state index contributed by atoms with van der Waals surface area (Å²) in [4.78, 5) is 3.99. The molecular weight excluding hydrogens is 386 g/mol. The van der Waals surface area contributed by atoms with Crippen molar-refractivity contribution >= 4 is 6.21 Å². The van der Waals surface area contributed by atoms with E-state index in [0.29, 0.717) is 0 Å². The molecule has 0 atom stereocenters. The molecule has 0 aliphatic carbocycles. The molecule has 0 aromatic heterocycles. The Labute approximate surface area is 197 Å². The van der Waals surface area contributed by atoms with Crippen molar-refractivity contribution in [3.8, 4) is 0 Å². The van der Waals surface area contributed by atoms with Gasteiger partial charge in [-0.25, -0.2) is 0 Å². The summed E-state index contributed by atoms with van der Waals surface area (Å²) in [6.45, 7) is 25.9. The van der Waals surface area contributed by atoms with E-state index < -0.39 is 0 Å². The zero-order chi connectivity index (χ0) is 24.1. The van der Waals surface area contributed by atoms with E-state index in [-0.39, 0.29) is 0 Å². The molecule has 0 saturated carbocycles. The minimum absolute atomic E-state index is 0.803. The average molecular weight is 428 g/mol. The Morgan fingerprint density at radius 3 is 2.31 bits per heavy atom. The van der Waals surface area contributed by atoms with Gasteiger partial charge < -0.3 is 0 Å². The molecule has 0 heterocycles. The fraction of sp³-hybridized carbons (Fsp3) is 0.323. The quantitative estimate of drug-likeness (QED) is 0.221. The Balaban J connectivity index is 3.44. The van der Waals surface area contributed by atoms with Crippen LogP contribution in [0.15, 0.2) is 107 Å². The number of rotatable bonds is 13. The highest BCUT2D eigenvalue weighted by Crippen LogP contribution is 2.31. The highest BCUT2D eigenvalue weighted by molar-refractivity contribution is 5.72. The molecule has 0 unspecified atom stereocenters. The number of hydrogen-bond donors (Lipinski definition) is 0. The van der Waals surface area contributed by atoms with Crippen LogP contribution in [-0.2, 0) is 12.8 Å². The van der Waals surface area contributed by atoms with Gasteiger partial charge in [0.2, 0.25) is 0 Å². The van der Waals surface area contributed by atoms with Gasteiger partial charge in [-0.05, 0) is 83.8 Å². The Kier molecular flexibility index (Phi) is 12.0. The van der Waals surface area contributed by atoms with E-state index in [4.69, 9.17) is 0 Å². The van der Waals surface area contributed by atoms with E-state index in [2.05, 4.69) is 89.4 Å². The predicted octanol–water partition coefficient (Wildman–Crippen LogP) is 8.64. The molecule has 1 aromatic carbocycles. The molecule has 1 nitrogen and oxygen atoms in total. The molecule has 0 aliphatic rings. The van der Waals surface area contributed by atoms with Gasteiger partial charge in [0.05, 0.1) is 0 Å². The van der Waals surface area contributed by atoms with Crippen LogP contribution >= 0.6 is 0 Å². The van der Waals surface area contributed by atoms with E-state index in [9.17, 15) is 0 Å². The van der Waals surface area contributed by atoms with Crippen LogP contribution in [0.5, 0.6) is 0 Å². The maximum absolute atomic E-state index is 4.50. The van der Waals surface area contributed by atoms with Gasteiger partial charge in [-0.2, -0.15) is 0 Å². The van der Waals surface area contributed by atoms with Crippen LogP contribution in [0.2, 0.25) is 0 Å². The maximum atomic E-state index is 4.50. The van der Waals surface area contributed by atoms with Crippen LogP contribution in [0.1, 0.15) is 56.7 Å². The molecular formula is C31H41N. The van der Waals surface area contributed by atoms with Crippen molar-refractivity contribution in [2.75, 3.05) is 7.05 Å². The number of allylic oxidation sites excluding steroid dienone is 10. The highest BCUT2D eigenvalue weighted by atomic mass is 14.6. The lowest BCUT2D eigenvalue weighted by molar-refractivity contribution is 0.898. The Morgan fingerprint density at radius 2 is 1.72 bits per heavy atom. The van der Waals surface area contributed by atoms with Crippen molar-refractivity contribution in [3.05, 3.63) is 119 Å². The molecule has 0 radical (unpaired) electrons. The van der Waals surface area contributed by atoms with E-state index in [1.807, 2.05) is 12.2 Å². The first-order valence-corrected chi connectivity index (χ1v) is 11.6. The SMILES string of the molecule is C=C(/C=C\C=NC)C(=C)/C=C(\Cc1ccc(C)cc1CCC)C(=C)/C(=C/C)C(=C)CCC. The second kappa shape index (κ2) is 14.2. The van der Waals surface area contributed by atoms with Crippen molar-refractivity contribution in [1.82, 2.24) is 0 Å². The number of benzene rings is 1. The van der Waals surface area contributed by atoms with Gasteiger partial charge >= 0.3 is 0 Å². The second-order valence-corrected chi connectivity index (χ2v) is 8.22. The molecule has 1 heteroatoms. The fourth-order valence-electron chi connectivity index (χ4n) is 3.74. The molecule has 0 fully saturated rings. The summed E-state index contributed by atoms with van der Waals surface area (Å²) < 4.78 is 0. The molecule has 0 spiro atoms. The Hall–Kier alpha value is -2.93.